The third kappa shape index (κ3) is 7.05. The van der Waals surface area contributed by atoms with E-state index in [9.17, 15) is 4.79 Å². The molecule has 2 aromatic rings. The van der Waals surface area contributed by atoms with Gasteiger partial charge in [-0.2, -0.15) is 0 Å². The maximum Gasteiger partial charge on any atom is 0.257 e. The van der Waals surface area contributed by atoms with E-state index in [1.54, 1.807) is 19.2 Å². The summed E-state index contributed by atoms with van der Waals surface area (Å²) in [5, 5.41) is 2.87. The molecule has 0 aliphatic carbocycles. The van der Waals surface area contributed by atoms with Crippen molar-refractivity contribution in [1.29, 1.82) is 0 Å². The number of ether oxygens (including phenoxy) is 3. The predicted octanol–water partition coefficient (Wildman–Crippen LogP) is 3.61. The monoisotopic (exact) mass is 357 g/mol. The van der Waals surface area contributed by atoms with E-state index < -0.39 is 0 Å². The van der Waals surface area contributed by atoms with Crippen LogP contribution < -0.4 is 19.5 Å². The molecule has 5 nitrogen and oxygen atoms in total. The maximum atomic E-state index is 11.8. The molecule has 1 amide bonds. The summed E-state index contributed by atoms with van der Waals surface area (Å²) in [6.07, 6.45) is 1.95. The highest BCUT2D eigenvalue weighted by Gasteiger charge is 2.04. The fraction of sp³-hybridized carbons (Fsp3) is 0.381. The van der Waals surface area contributed by atoms with Crippen molar-refractivity contribution in [1.82, 2.24) is 5.32 Å². The number of carbonyl (C=O) groups is 1. The summed E-state index contributed by atoms with van der Waals surface area (Å²) in [6, 6.07) is 15.3. The summed E-state index contributed by atoms with van der Waals surface area (Å²) in [5.41, 5.74) is 1.22. The minimum atomic E-state index is -0.131. The van der Waals surface area contributed by atoms with Crippen LogP contribution >= 0.6 is 0 Å². The number of carbonyl (C=O) groups excluding carboxylic acids is 1. The van der Waals surface area contributed by atoms with Crippen molar-refractivity contribution >= 4 is 5.91 Å². The molecule has 0 aliphatic heterocycles. The van der Waals surface area contributed by atoms with Crippen molar-refractivity contribution in [2.45, 2.75) is 32.8 Å². The smallest absolute Gasteiger partial charge is 0.257 e. The van der Waals surface area contributed by atoms with Gasteiger partial charge in [0, 0.05) is 12.6 Å². The van der Waals surface area contributed by atoms with Gasteiger partial charge in [-0.3, -0.25) is 4.79 Å². The first kappa shape index (κ1) is 19.6. The van der Waals surface area contributed by atoms with E-state index in [1.807, 2.05) is 38.1 Å². The Labute approximate surface area is 155 Å². The molecular weight excluding hydrogens is 330 g/mol. The largest absolute Gasteiger partial charge is 0.497 e. The van der Waals surface area contributed by atoms with E-state index in [0.29, 0.717) is 18.0 Å². The van der Waals surface area contributed by atoms with E-state index in [1.165, 1.54) is 5.56 Å². The molecule has 2 rings (SSSR count). The lowest BCUT2D eigenvalue weighted by atomic mass is 10.1. The summed E-state index contributed by atoms with van der Waals surface area (Å²) < 4.78 is 16.2. The number of methoxy groups -OCH3 is 1. The summed E-state index contributed by atoms with van der Waals surface area (Å²) in [5.74, 6) is 2.07. The average molecular weight is 357 g/mol. The van der Waals surface area contributed by atoms with Crippen LogP contribution in [-0.2, 0) is 11.2 Å². The molecule has 0 heterocycles. The van der Waals surface area contributed by atoms with E-state index in [2.05, 4.69) is 17.4 Å². The first-order valence-corrected chi connectivity index (χ1v) is 8.86. The lowest BCUT2D eigenvalue weighted by molar-refractivity contribution is -0.123. The van der Waals surface area contributed by atoms with Crippen molar-refractivity contribution in [2.75, 3.05) is 20.3 Å². The van der Waals surface area contributed by atoms with E-state index >= 15 is 0 Å². The van der Waals surface area contributed by atoms with Crippen LogP contribution in [0.25, 0.3) is 0 Å². The zero-order chi connectivity index (χ0) is 18.8. The fourth-order valence-corrected chi connectivity index (χ4v) is 2.42. The minimum absolute atomic E-state index is 0.00555. The standard InChI is InChI=1S/C21H27NO4/c1-16(2)26-18-11-9-17(10-12-18)6-5-13-22-21(23)15-25-20-8-4-7-19(14-20)24-3/h4,7-12,14,16H,5-6,13,15H2,1-3H3,(H,22,23). The van der Waals surface area contributed by atoms with Gasteiger partial charge in [0.1, 0.15) is 17.2 Å². The van der Waals surface area contributed by atoms with E-state index in [0.717, 1.165) is 18.6 Å². The number of aryl methyl sites for hydroxylation is 1. The Hall–Kier alpha value is -2.69. The van der Waals surface area contributed by atoms with Gasteiger partial charge in [0.25, 0.3) is 5.91 Å². The van der Waals surface area contributed by atoms with Gasteiger partial charge in [0.2, 0.25) is 0 Å². The van der Waals surface area contributed by atoms with Gasteiger partial charge in [-0.1, -0.05) is 18.2 Å². The molecule has 5 heteroatoms. The molecule has 0 radical (unpaired) electrons. The summed E-state index contributed by atoms with van der Waals surface area (Å²) in [4.78, 5) is 11.8. The second kappa shape index (κ2) is 10.3. The number of hydrogen-bond acceptors (Lipinski definition) is 4. The molecule has 0 saturated carbocycles. The minimum Gasteiger partial charge on any atom is -0.497 e. The van der Waals surface area contributed by atoms with Crippen LogP contribution in [0.3, 0.4) is 0 Å². The Morgan fingerprint density at radius 3 is 2.46 bits per heavy atom. The number of hydrogen-bond donors (Lipinski definition) is 1. The topological polar surface area (TPSA) is 56.8 Å². The third-order valence-electron chi connectivity index (χ3n) is 3.67. The van der Waals surface area contributed by atoms with Crippen LogP contribution in [0.5, 0.6) is 17.2 Å². The van der Waals surface area contributed by atoms with Crippen molar-refractivity contribution < 1.29 is 19.0 Å². The Balaban J connectivity index is 1.63. The quantitative estimate of drug-likeness (QED) is 0.660. The van der Waals surface area contributed by atoms with Crippen LogP contribution in [0.4, 0.5) is 0 Å². The summed E-state index contributed by atoms with van der Waals surface area (Å²) >= 11 is 0. The Kier molecular flexibility index (Phi) is 7.80. The van der Waals surface area contributed by atoms with Gasteiger partial charge in [0.15, 0.2) is 6.61 Å². The molecule has 2 aromatic carbocycles. The molecule has 0 spiro atoms. The highest BCUT2D eigenvalue weighted by atomic mass is 16.5. The number of rotatable bonds is 10. The Morgan fingerprint density at radius 2 is 1.77 bits per heavy atom. The Bertz CT molecular complexity index is 683. The maximum absolute atomic E-state index is 11.8. The molecular formula is C21H27NO4. The third-order valence-corrected chi connectivity index (χ3v) is 3.67. The molecule has 0 bridgehead atoms. The molecule has 140 valence electrons. The van der Waals surface area contributed by atoms with E-state index in [-0.39, 0.29) is 18.6 Å². The highest BCUT2D eigenvalue weighted by molar-refractivity contribution is 5.77. The van der Waals surface area contributed by atoms with Gasteiger partial charge in [-0.05, 0) is 56.5 Å². The van der Waals surface area contributed by atoms with Crippen LogP contribution in [0.2, 0.25) is 0 Å². The zero-order valence-corrected chi connectivity index (χ0v) is 15.7. The second-order valence-electron chi connectivity index (χ2n) is 6.23. The summed E-state index contributed by atoms with van der Waals surface area (Å²) in [7, 11) is 1.59. The van der Waals surface area contributed by atoms with Crippen molar-refractivity contribution in [2.24, 2.45) is 0 Å². The van der Waals surface area contributed by atoms with Gasteiger partial charge >= 0.3 is 0 Å². The molecule has 0 atom stereocenters. The number of nitrogens with one attached hydrogen (secondary N) is 1. The average Bonchev–Trinajstić information content (AvgIpc) is 2.64. The number of benzene rings is 2. The van der Waals surface area contributed by atoms with E-state index in [4.69, 9.17) is 14.2 Å². The first-order valence-electron chi connectivity index (χ1n) is 8.86. The van der Waals surface area contributed by atoms with Gasteiger partial charge in [-0.15, -0.1) is 0 Å². The Morgan fingerprint density at radius 1 is 1.04 bits per heavy atom. The lowest BCUT2D eigenvalue weighted by Gasteiger charge is -2.10. The molecule has 0 unspecified atom stereocenters. The SMILES string of the molecule is COc1cccc(OCC(=O)NCCCc2ccc(OC(C)C)cc2)c1. The van der Waals surface area contributed by atoms with Crippen LogP contribution in [0.15, 0.2) is 48.5 Å². The highest BCUT2D eigenvalue weighted by Crippen LogP contribution is 2.18. The molecule has 0 saturated heterocycles. The van der Waals surface area contributed by atoms with Crippen LogP contribution in [0, 0.1) is 0 Å². The second-order valence-corrected chi connectivity index (χ2v) is 6.23. The summed E-state index contributed by atoms with van der Waals surface area (Å²) in [6.45, 7) is 4.63. The van der Waals surface area contributed by atoms with Crippen LogP contribution in [-0.4, -0.2) is 32.3 Å². The van der Waals surface area contributed by atoms with Crippen molar-refractivity contribution in [3.8, 4) is 17.2 Å². The molecule has 0 aliphatic rings. The lowest BCUT2D eigenvalue weighted by Crippen LogP contribution is -2.29. The number of amides is 1. The van der Waals surface area contributed by atoms with Crippen molar-refractivity contribution in [3.63, 3.8) is 0 Å². The molecule has 0 aromatic heterocycles. The van der Waals surface area contributed by atoms with Gasteiger partial charge < -0.3 is 19.5 Å². The molecule has 0 fully saturated rings. The normalized spacial score (nSPS) is 10.5. The zero-order valence-electron chi connectivity index (χ0n) is 15.7. The fourth-order valence-electron chi connectivity index (χ4n) is 2.42. The van der Waals surface area contributed by atoms with Crippen molar-refractivity contribution in [3.05, 3.63) is 54.1 Å². The predicted molar refractivity (Wildman–Crippen MR) is 102 cm³/mol. The molecule has 1 N–H and O–H groups in total. The first-order chi connectivity index (χ1) is 12.6. The van der Waals surface area contributed by atoms with Gasteiger partial charge in [-0.25, -0.2) is 0 Å². The van der Waals surface area contributed by atoms with Gasteiger partial charge in [0.05, 0.1) is 13.2 Å². The van der Waals surface area contributed by atoms with Crippen LogP contribution in [0.1, 0.15) is 25.8 Å². The molecule has 26 heavy (non-hydrogen) atoms.